The smallest absolute Gasteiger partial charge is 0.110 e. The molecule has 1 aliphatic heterocycles. The van der Waals surface area contributed by atoms with Crippen LogP contribution in [0, 0.1) is 0 Å². The molecule has 5 nitrogen and oxygen atoms in total. The van der Waals surface area contributed by atoms with E-state index in [0.29, 0.717) is 0 Å². The van der Waals surface area contributed by atoms with Crippen molar-refractivity contribution >= 4 is 0 Å². The van der Waals surface area contributed by atoms with Gasteiger partial charge in [0.15, 0.2) is 0 Å². The van der Waals surface area contributed by atoms with E-state index >= 15 is 0 Å². The largest absolute Gasteiger partial charge is 0.394 e. The van der Waals surface area contributed by atoms with Crippen LogP contribution in [0.15, 0.2) is 0 Å². The molecule has 4 N–H and O–H groups in total. The van der Waals surface area contributed by atoms with Crippen LogP contribution in [-0.4, -0.2) is 57.9 Å². The van der Waals surface area contributed by atoms with E-state index in [2.05, 4.69) is 5.32 Å². The van der Waals surface area contributed by atoms with E-state index in [1.54, 1.807) is 0 Å². The molecule has 0 aromatic carbocycles. The number of ether oxygens (including phenoxy) is 1. The fourth-order valence-corrected chi connectivity index (χ4v) is 2.00. The van der Waals surface area contributed by atoms with Crippen molar-refractivity contribution in [3.8, 4) is 0 Å². The maximum absolute atomic E-state index is 9.97. The van der Waals surface area contributed by atoms with Crippen LogP contribution in [0.1, 0.15) is 27.7 Å². The van der Waals surface area contributed by atoms with Crippen LogP contribution < -0.4 is 5.32 Å². The summed E-state index contributed by atoms with van der Waals surface area (Å²) < 4.78 is 5.45. The predicted octanol–water partition coefficient (Wildman–Crippen LogP) is -0.755. The first-order valence-corrected chi connectivity index (χ1v) is 5.66. The second kappa shape index (κ2) is 4.98. The molecule has 0 radical (unpaired) electrons. The zero-order chi connectivity index (χ0) is 12.5. The molecule has 1 saturated heterocycles. The molecule has 5 heteroatoms. The van der Waals surface area contributed by atoms with Gasteiger partial charge in [0.2, 0.25) is 0 Å². The Balaban J connectivity index is 2.72. The minimum Gasteiger partial charge on any atom is -0.394 e. The molecule has 5 atom stereocenters. The quantitative estimate of drug-likeness (QED) is 0.504. The number of nitrogens with one attached hydrogen (secondary N) is 1. The second-order valence-electron chi connectivity index (χ2n) is 5.46. The lowest BCUT2D eigenvalue weighted by atomic mass is 9.91. The molecule has 0 amide bonds. The lowest BCUT2D eigenvalue weighted by Gasteiger charge is -2.44. The Kier molecular flexibility index (Phi) is 4.31. The van der Waals surface area contributed by atoms with Crippen molar-refractivity contribution in [2.75, 3.05) is 6.61 Å². The molecule has 1 rings (SSSR count). The Labute approximate surface area is 96.4 Å². The molecule has 2 unspecified atom stereocenters. The minimum atomic E-state index is -1.05. The Morgan fingerprint density at radius 2 is 1.75 bits per heavy atom. The molecular weight excluding hydrogens is 210 g/mol. The standard InChI is InChI=1S/C11H23NO4/c1-6-8(12-11(2,3)4)10(15)9(14)7(5-13)16-6/h6-10,12-15H,5H2,1-4H3/t6-,7?,8?,9+,10+/m0/s1. The number of hydrogen-bond acceptors (Lipinski definition) is 5. The highest BCUT2D eigenvalue weighted by atomic mass is 16.5. The third-order valence-corrected chi connectivity index (χ3v) is 2.77. The first-order chi connectivity index (χ1) is 7.26. The zero-order valence-electron chi connectivity index (χ0n) is 10.3. The summed E-state index contributed by atoms with van der Waals surface area (Å²) in [7, 11) is 0. The number of rotatable bonds is 2. The number of aliphatic hydroxyl groups is 3. The van der Waals surface area contributed by atoms with Crippen LogP contribution in [0.5, 0.6) is 0 Å². The molecule has 0 aromatic rings. The van der Waals surface area contributed by atoms with Crippen LogP contribution in [0.3, 0.4) is 0 Å². The van der Waals surface area contributed by atoms with Gasteiger partial charge < -0.3 is 25.4 Å². The monoisotopic (exact) mass is 233 g/mol. The van der Waals surface area contributed by atoms with Crippen LogP contribution in [0.2, 0.25) is 0 Å². The van der Waals surface area contributed by atoms with E-state index in [1.165, 1.54) is 0 Å². The summed E-state index contributed by atoms with van der Waals surface area (Å²) in [5.41, 5.74) is -0.172. The van der Waals surface area contributed by atoms with Gasteiger partial charge in [-0.2, -0.15) is 0 Å². The average Bonchev–Trinajstić information content (AvgIpc) is 2.17. The Morgan fingerprint density at radius 1 is 1.19 bits per heavy atom. The van der Waals surface area contributed by atoms with Crippen LogP contribution in [-0.2, 0) is 4.74 Å². The van der Waals surface area contributed by atoms with Crippen molar-refractivity contribution in [1.82, 2.24) is 5.32 Å². The van der Waals surface area contributed by atoms with Gasteiger partial charge in [-0.15, -0.1) is 0 Å². The Bertz CT molecular complexity index is 229. The summed E-state index contributed by atoms with van der Waals surface area (Å²) in [6.45, 7) is 7.48. The van der Waals surface area contributed by atoms with Crippen molar-refractivity contribution in [2.45, 2.75) is 63.7 Å². The molecule has 0 aliphatic carbocycles. The van der Waals surface area contributed by atoms with E-state index in [-0.39, 0.29) is 24.3 Å². The molecule has 1 aliphatic rings. The van der Waals surface area contributed by atoms with E-state index in [0.717, 1.165) is 0 Å². The normalized spacial score (nSPS) is 41.1. The van der Waals surface area contributed by atoms with Gasteiger partial charge in [-0.05, 0) is 27.7 Å². The summed E-state index contributed by atoms with van der Waals surface area (Å²) in [6.07, 6.45) is -2.95. The van der Waals surface area contributed by atoms with Crippen molar-refractivity contribution in [1.29, 1.82) is 0 Å². The molecule has 1 fully saturated rings. The van der Waals surface area contributed by atoms with Crippen LogP contribution in [0.4, 0.5) is 0 Å². The summed E-state index contributed by atoms with van der Waals surface area (Å²) in [5.74, 6) is 0. The molecule has 0 saturated carbocycles. The Hall–Kier alpha value is -0.200. The van der Waals surface area contributed by atoms with Crippen LogP contribution >= 0.6 is 0 Å². The predicted molar refractivity (Wildman–Crippen MR) is 60.1 cm³/mol. The highest BCUT2D eigenvalue weighted by Crippen LogP contribution is 2.22. The number of aliphatic hydroxyl groups excluding tert-OH is 3. The van der Waals surface area contributed by atoms with E-state index in [4.69, 9.17) is 9.84 Å². The van der Waals surface area contributed by atoms with Gasteiger partial charge in [-0.25, -0.2) is 0 Å². The Morgan fingerprint density at radius 3 is 2.19 bits per heavy atom. The topological polar surface area (TPSA) is 82.0 Å². The van der Waals surface area contributed by atoms with Gasteiger partial charge in [-0.3, -0.25) is 0 Å². The fraction of sp³-hybridized carbons (Fsp3) is 1.00. The van der Waals surface area contributed by atoms with Gasteiger partial charge in [0.05, 0.1) is 18.8 Å². The lowest BCUT2D eigenvalue weighted by molar-refractivity contribution is -0.192. The summed E-state index contributed by atoms with van der Waals surface area (Å²) in [5, 5.41) is 31.9. The van der Waals surface area contributed by atoms with Gasteiger partial charge in [0, 0.05) is 5.54 Å². The average molecular weight is 233 g/mol. The first-order valence-electron chi connectivity index (χ1n) is 5.66. The van der Waals surface area contributed by atoms with E-state index < -0.39 is 18.3 Å². The molecule has 0 bridgehead atoms. The maximum atomic E-state index is 9.97. The molecule has 16 heavy (non-hydrogen) atoms. The van der Waals surface area contributed by atoms with Gasteiger partial charge in [-0.1, -0.05) is 0 Å². The third-order valence-electron chi connectivity index (χ3n) is 2.77. The fourth-order valence-electron chi connectivity index (χ4n) is 2.00. The van der Waals surface area contributed by atoms with E-state index in [9.17, 15) is 10.2 Å². The highest BCUT2D eigenvalue weighted by molar-refractivity contribution is 4.96. The van der Waals surface area contributed by atoms with Gasteiger partial charge >= 0.3 is 0 Å². The molecule has 0 aromatic heterocycles. The third kappa shape index (κ3) is 3.15. The van der Waals surface area contributed by atoms with Gasteiger partial charge in [0.25, 0.3) is 0 Å². The second-order valence-corrected chi connectivity index (χ2v) is 5.46. The summed E-state index contributed by atoms with van der Waals surface area (Å²) >= 11 is 0. The van der Waals surface area contributed by atoms with Crippen molar-refractivity contribution in [3.63, 3.8) is 0 Å². The molecule has 96 valence electrons. The van der Waals surface area contributed by atoms with Crippen LogP contribution in [0.25, 0.3) is 0 Å². The highest BCUT2D eigenvalue weighted by Gasteiger charge is 2.43. The number of hydrogen-bond donors (Lipinski definition) is 4. The SMILES string of the molecule is C[C@@H]1OC(CO)[C@@H](O)[C@H](O)C1NC(C)(C)C. The van der Waals surface area contributed by atoms with Gasteiger partial charge in [0.1, 0.15) is 18.3 Å². The van der Waals surface area contributed by atoms with Crippen molar-refractivity contribution in [3.05, 3.63) is 0 Å². The van der Waals surface area contributed by atoms with E-state index in [1.807, 2.05) is 27.7 Å². The first kappa shape index (κ1) is 13.9. The summed E-state index contributed by atoms with van der Waals surface area (Å²) in [6, 6.07) is -0.335. The zero-order valence-corrected chi connectivity index (χ0v) is 10.3. The summed E-state index contributed by atoms with van der Waals surface area (Å²) in [4.78, 5) is 0. The molecule has 1 heterocycles. The molecule has 0 spiro atoms. The lowest BCUT2D eigenvalue weighted by Crippen LogP contribution is -2.65. The van der Waals surface area contributed by atoms with Crippen molar-refractivity contribution in [2.24, 2.45) is 0 Å². The minimum absolute atomic E-state index is 0.172. The van der Waals surface area contributed by atoms with Crippen molar-refractivity contribution < 1.29 is 20.1 Å². The maximum Gasteiger partial charge on any atom is 0.110 e. The molecular formula is C11H23NO4.